The molecule has 15 N–H and O–H groups in total. The first-order valence-electron chi connectivity index (χ1n) is 23.1. The Balaban J connectivity index is 3.44. The van der Waals surface area contributed by atoms with Crippen LogP contribution in [0.4, 0.5) is 0 Å². The largest absolute Gasteiger partial charge is 0.391 e. The highest BCUT2D eigenvalue weighted by Gasteiger charge is 2.40. The first kappa shape index (κ1) is 58.9. The average Bonchev–Trinajstić information content (AvgIpc) is 3.76. The quantitative estimate of drug-likeness (QED) is 0.0198. The van der Waals surface area contributed by atoms with Gasteiger partial charge < -0.3 is 69.7 Å². The number of likely N-dealkylation sites (N-methyl/N-ethyl adjacent to an activating group) is 1. The van der Waals surface area contributed by atoms with Gasteiger partial charge in [-0.15, -0.1) is 0 Å². The van der Waals surface area contributed by atoms with Crippen LogP contribution in [0.2, 0.25) is 0 Å². The van der Waals surface area contributed by atoms with Crippen LogP contribution in [0, 0.1) is 17.8 Å². The SMILES string of the molecule is CCNC(=O)[C@@H]1CCCN1C(=O)[C@H](CCCN=C(N)N)NC(=O)[C@@H](NC(=O)[C@H](CCC(N)=O)NC(=O)[C@@H](NC(=O)[C@H](NC(=O)[C@@H](NC(=O)CNC(C)=O)C(C)C)[C@H](C)CC)[C@@H](C)O)[C@@H](C)CC. The monoisotopic (exact) mass is 952 g/mol. The first-order valence-corrected chi connectivity index (χ1v) is 23.1. The number of nitrogens with two attached hydrogens (primary N) is 3. The summed E-state index contributed by atoms with van der Waals surface area (Å²) in [5.74, 6) is -8.83. The zero-order chi connectivity index (χ0) is 51.1. The van der Waals surface area contributed by atoms with E-state index < -0.39 is 126 Å². The van der Waals surface area contributed by atoms with E-state index in [4.69, 9.17) is 17.2 Å². The summed E-state index contributed by atoms with van der Waals surface area (Å²) in [6, 6.07) is -8.88. The summed E-state index contributed by atoms with van der Waals surface area (Å²) in [4.78, 5) is 138. The lowest BCUT2D eigenvalue weighted by Crippen LogP contribution is -2.63. The van der Waals surface area contributed by atoms with Gasteiger partial charge in [0.1, 0.15) is 42.3 Å². The number of hydrogen-bond acceptors (Lipinski definition) is 12. The van der Waals surface area contributed by atoms with Gasteiger partial charge in [-0.2, -0.15) is 0 Å². The van der Waals surface area contributed by atoms with Crippen molar-refractivity contribution >= 4 is 65.0 Å². The third kappa shape index (κ3) is 20.1. The Labute approximate surface area is 393 Å². The Morgan fingerprint density at radius 1 is 0.672 bits per heavy atom. The molecular weight excluding hydrogens is 875 g/mol. The molecule has 1 rings (SSSR count). The van der Waals surface area contributed by atoms with Crippen LogP contribution in [0.3, 0.4) is 0 Å². The summed E-state index contributed by atoms with van der Waals surface area (Å²) in [5.41, 5.74) is 16.4. The van der Waals surface area contributed by atoms with Crippen molar-refractivity contribution < 1.29 is 53.1 Å². The van der Waals surface area contributed by atoms with Gasteiger partial charge in [-0.05, 0) is 63.7 Å². The molecule has 24 nitrogen and oxygen atoms in total. The molecule has 0 aromatic rings. The summed E-state index contributed by atoms with van der Waals surface area (Å²) in [6.45, 7) is 14.7. The molecule has 0 radical (unpaired) electrons. The number of aliphatic imine (C=N–C) groups is 1. The fourth-order valence-corrected chi connectivity index (χ4v) is 7.15. The Morgan fingerprint density at radius 3 is 1.70 bits per heavy atom. The van der Waals surface area contributed by atoms with E-state index in [1.54, 1.807) is 48.5 Å². The number of carbonyl (C=O) groups is 10. The van der Waals surface area contributed by atoms with Gasteiger partial charge in [-0.3, -0.25) is 52.9 Å². The smallest absolute Gasteiger partial charge is 0.245 e. The standard InChI is InChI=1S/C43H77N13O11/c1-10-23(6)33(39(64)51-28(15-13-19-48-43(45)46)42(67)56-20-14-16-29(56)37(62)47-12-3)53-36(61)27(17-18-30(44)59)50-41(66)35(25(8)57)55-40(65)34(24(7)11-2)54-38(63)32(22(4)5)52-31(60)21-49-26(9)58/h22-25,27-29,32-35,57H,10-21H2,1-9H3,(H2,44,59)(H,47,62)(H,49,58)(H,50,66)(H,51,64)(H,52,60)(H,53,61)(H,54,63)(H,55,65)(H4,45,46,48)/t23-,24+,25+,27-,28-,29-,32-,33-,34+,35-/m0/s1. The van der Waals surface area contributed by atoms with Crippen molar-refractivity contribution in [1.29, 1.82) is 0 Å². The van der Waals surface area contributed by atoms with Gasteiger partial charge >= 0.3 is 0 Å². The molecule has 0 aromatic heterocycles. The van der Waals surface area contributed by atoms with Crippen molar-refractivity contribution in [1.82, 2.24) is 47.4 Å². The summed E-state index contributed by atoms with van der Waals surface area (Å²) in [6.07, 6.45) is -0.294. The minimum atomic E-state index is -1.72. The Kier molecular flexibility index (Phi) is 26.0. The second-order valence-corrected chi connectivity index (χ2v) is 17.3. The lowest BCUT2D eigenvalue weighted by atomic mass is 9.95. The van der Waals surface area contributed by atoms with E-state index in [2.05, 4.69) is 47.5 Å². The van der Waals surface area contributed by atoms with E-state index in [9.17, 15) is 53.1 Å². The molecule has 0 saturated carbocycles. The molecule has 67 heavy (non-hydrogen) atoms. The fourth-order valence-electron chi connectivity index (χ4n) is 7.15. The van der Waals surface area contributed by atoms with Crippen LogP contribution in [-0.4, -0.2) is 150 Å². The van der Waals surface area contributed by atoms with Crippen molar-refractivity contribution in [3.63, 3.8) is 0 Å². The summed E-state index contributed by atoms with van der Waals surface area (Å²) >= 11 is 0. The highest BCUT2D eigenvalue weighted by atomic mass is 16.3. The lowest BCUT2D eigenvalue weighted by Gasteiger charge is -2.32. The topological polar surface area (TPSA) is 381 Å². The molecule has 0 aromatic carbocycles. The fraction of sp³-hybridized carbons (Fsp3) is 0.744. The van der Waals surface area contributed by atoms with Crippen molar-refractivity contribution in [3.8, 4) is 0 Å². The lowest BCUT2D eigenvalue weighted by molar-refractivity contribution is -0.142. The molecule has 0 bridgehead atoms. The van der Waals surface area contributed by atoms with Gasteiger partial charge in [0, 0.05) is 33.0 Å². The minimum absolute atomic E-state index is 0.0707. The maximum absolute atomic E-state index is 14.2. The molecule has 1 aliphatic heterocycles. The second kappa shape index (κ2) is 29.5. The first-order chi connectivity index (χ1) is 31.4. The Bertz CT molecular complexity index is 1760. The summed E-state index contributed by atoms with van der Waals surface area (Å²) in [7, 11) is 0. The van der Waals surface area contributed by atoms with Crippen molar-refractivity contribution in [3.05, 3.63) is 0 Å². The normalized spacial score (nSPS) is 17.4. The van der Waals surface area contributed by atoms with E-state index in [1.165, 1.54) is 18.7 Å². The zero-order valence-corrected chi connectivity index (χ0v) is 40.5. The van der Waals surface area contributed by atoms with Crippen LogP contribution >= 0.6 is 0 Å². The van der Waals surface area contributed by atoms with E-state index in [1.807, 2.05) is 0 Å². The molecule has 0 spiro atoms. The van der Waals surface area contributed by atoms with Crippen LogP contribution in [0.5, 0.6) is 0 Å². The number of amides is 10. The highest BCUT2D eigenvalue weighted by molar-refractivity contribution is 5.98. The molecule has 24 heteroatoms. The average molecular weight is 952 g/mol. The molecule has 1 heterocycles. The third-order valence-corrected chi connectivity index (χ3v) is 11.5. The van der Waals surface area contributed by atoms with Gasteiger partial charge in [-0.1, -0.05) is 54.4 Å². The number of rotatable bonds is 29. The van der Waals surface area contributed by atoms with E-state index >= 15 is 0 Å². The predicted molar refractivity (Wildman–Crippen MR) is 247 cm³/mol. The Morgan fingerprint density at radius 2 is 1.19 bits per heavy atom. The van der Waals surface area contributed by atoms with Crippen LogP contribution in [0.1, 0.15) is 114 Å². The maximum atomic E-state index is 14.2. The number of aliphatic hydroxyl groups is 1. The molecule has 0 unspecified atom stereocenters. The number of likely N-dealkylation sites (tertiary alicyclic amines) is 1. The van der Waals surface area contributed by atoms with Crippen LogP contribution in [0.25, 0.3) is 0 Å². The van der Waals surface area contributed by atoms with Gasteiger partial charge in [-0.25, -0.2) is 0 Å². The van der Waals surface area contributed by atoms with E-state index in [-0.39, 0.29) is 50.8 Å². The van der Waals surface area contributed by atoms with Gasteiger partial charge in [0.15, 0.2) is 5.96 Å². The highest BCUT2D eigenvalue weighted by Crippen LogP contribution is 2.21. The predicted octanol–water partition coefficient (Wildman–Crippen LogP) is -3.39. The third-order valence-electron chi connectivity index (χ3n) is 11.5. The molecule has 1 fully saturated rings. The summed E-state index contributed by atoms with van der Waals surface area (Å²) in [5, 5.41) is 31.3. The second-order valence-electron chi connectivity index (χ2n) is 17.3. The van der Waals surface area contributed by atoms with Crippen LogP contribution in [0.15, 0.2) is 4.99 Å². The Hall–Kier alpha value is -6.07. The van der Waals surface area contributed by atoms with E-state index in [0.29, 0.717) is 32.2 Å². The van der Waals surface area contributed by atoms with Gasteiger partial charge in [0.25, 0.3) is 0 Å². The van der Waals surface area contributed by atoms with Gasteiger partial charge in [0.05, 0.1) is 12.6 Å². The molecular formula is C43H77N13O11. The number of primary amides is 1. The van der Waals surface area contributed by atoms with Gasteiger partial charge in [0.2, 0.25) is 59.1 Å². The zero-order valence-electron chi connectivity index (χ0n) is 40.5. The number of carbonyl (C=O) groups excluding carboxylic acids is 10. The molecule has 10 amide bonds. The molecule has 1 saturated heterocycles. The molecule has 10 atom stereocenters. The number of nitrogens with zero attached hydrogens (tertiary/aromatic N) is 2. The van der Waals surface area contributed by atoms with Crippen molar-refractivity contribution in [2.75, 3.05) is 26.2 Å². The number of guanidine groups is 1. The number of hydrogen-bond donors (Lipinski definition) is 12. The minimum Gasteiger partial charge on any atom is -0.391 e. The summed E-state index contributed by atoms with van der Waals surface area (Å²) < 4.78 is 0. The number of aliphatic hydroxyl groups excluding tert-OH is 1. The molecule has 0 aliphatic carbocycles. The van der Waals surface area contributed by atoms with Crippen LogP contribution in [-0.2, 0) is 47.9 Å². The molecule has 380 valence electrons. The van der Waals surface area contributed by atoms with Crippen molar-refractivity contribution in [2.24, 2.45) is 39.9 Å². The van der Waals surface area contributed by atoms with Crippen molar-refractivity contribution in [2.45, 2.75) is 162 Å². The maximum Gasteiger partial charge on any atom is 0.245 e. The molecule has 1 aliphatic rings. The number of nitrogens with one attached hydrogen (secondary N) is 8. The van der Waals surface area contributed by atoms with Crippen LogP contribution < -0.4 is 59.7 Å². The van der Waals surface area contributed by atoms with E-state index in [0.717, 1.165) is 0 Å².